The highest BCUT2D eigenvalue weighted by Gasteiger charge is 2.19. The minimum atomic E-state index is -0.715. The van der Waals surface area contributed by atoms with Crippen molar-refractivity contribution < 1.29 is 9.53 Å². The van der Waals surface area contributed by atoms with Crippen molar-refractivity contribution in [3.63, 3.8) is 0 Å². The molecule has 0 bridgehead atoms. The molecule has 0 fully saturated rings. The topological polar surface area (TPSA) is 26.3 Å². The summed E-state index contributed by atoms with van der Waals surface area (Å²) in [5.74, 6) is -0.631. The number of ether oxygens (including phenoxy) is 1. The van der Waals surface area contributed by atoms with Crippen molar-refractivity contribution in [3.05, 3.63) is 61.5 Å². The van der Waals surface area contributed by atoms with Crippen LogP contribution in [0.3, 0.4) is 0 Å². The van der Waals surface area contributed by atoms with Crippen LogP contribution < -0.4 is 4.74 Å². The molecule has 0 unspecified atom stereocenters. The highest BCUT2D eigenvalue weighted by molar-refractivity contribution is 6.40. The second kappa shape index (κ2) is 6.23. The van der Waals surface area contributed by atoms with E-state index in [0.717, 1.165) is 5.56 Å². The van der Waals surface area contributed by atoms with E-state index in [1.165, 1.54) is 0 Å². The Kier molecular flexibility index (Phi) is 4.82. The molecule has 0 atom stereocenters. The molecule has 0 spiro atoms. The smallest absolute Gasteiger partial charge is 0.346 e. The van der Waals surface area contributed by atoms with Crippen LogP contribution in [0.4, 0.5) is 0 Å². The Bertz CT molecular complexity index is 640. The molecule has 0 aliphatic carbocycles. The molecule has 0 N–H and O–H groups in total. The average molecular weight is 350 g/mol. The van der Waals surface area contributed by atoms with Crippen LogP contribution in [0.5, 0.6) is 5.75 Å². The molecule has 0 saturated heterocycles. The van der Waals surface area contributed by atoms with Crippen LogP contribution in [0.1, 0.15) is 15.9 Å². The van der Waals surface area contributed by atoms with E-state index >= 15 is 0 Å². The fourth-order valence-electron chi connectivity index (χ4n) is 1.62. The first-order valence-electron chi connectivity index (χ1n) is 5.52. The molecule has 20 heavy (non-hydrogen) atoms. The number of aryl methyl sites for hydroxylation is 1. The molecule has 0 aromatic heterocycles. The second-order valence-electron chi connectivity index (χ2n) is 4.04. The van der Waals surface area contributed by atoms with Crippen LogP contribution in [-0.4, -0.2) is 5.97 Å². The molecule has 0 radical (unpaired) electrons. The summed E-state index contributed by atoms with van der Waals surface area (Å²) in [6, 6.07) is 8.01. The lowest BCUT2D eigenvalue weighted by molar-refractivity contribution is 0.0735. The van der Waals surface area contributed by atoms with Gasteiger partial charge in [-0.3, -0.25) is 0 Å². The predicted octanol–water partition coefficient (Wildman–Crippen LogP) is 5.83. The Balaban J connectivity index is 2.38. The summed E-state index contributed by atoms with van der Waals surface area (Å²) in [6.45, 7) is 1.83. The lowest BCUT2D eigenvalue weighted by Crippen LogP contribution is -2.10. The van der Waals surface area contributed by atoms with Crippen molar-refractivity contribution in [3.8, 4) is 5.75 Å². The van der Waals surface area contributed by atoms with E-state index in [9.17, 15) is 4.79 Å². The van der Waals surface area contributed by atoms with Gasteiger partial charge in [0.1, 0.15) is 0 Å². The van der Waals surface area contributed by atoms with Gasteiger partial charge in [-0.15, -0.1) is 0 Å². The number of halogens is 4. The predicted molar refractivity (Wildman–Crippen MR) is 82.6 cm³/mol. The van der Waals surface area contributed by atoms with Crippen molar-refractivity contribution in [1.29, 1.82) is 0 Å². The Hall–Kier alpha value is -0.930. The summed E-state index contributed by atoms with van der Waals surface area (Å²) in [5, 5.41) is 0.877. The average Bonchev–Trinajstić information content (AvgIpc) is 2.33. The zero-order valence-electron chi connectivity index (χ0n) is 10.2. The minimum Gasteiger partial charge on any atom is -0.420 e. The fourth-order valence-corrected chi connectivity index (χ4v) is 2.85. The molecule has 0 amide bonds. The molecule has 2 aromatic rings. The van der Waals surface area contributed by atoms with Gasteiger partial charge in [-0.05, 0) is 36.8 Å². The van der Waals surface area contributed by atoms with Crippen LogP contribution in [0.25, 0.3) is 0 Å². The first kappa shape index (κ1) is 15.5. The zero-order chi connectivity index (χ0) is 14.9. The summed E-state index contributed by atoms with van der Waals surface area (Å²) in [6.07, 6.45) is 0. The van der Waals surface area contributed by atoms with E-state index in [0.29, 0.717) is 0 Å². The molecular weight excluding hydrogens is 342 g/mol. The summed E-state index contributed by atoms with van der Waals surface area (Å²) >= 11 is 23.9. The third-order valence-corrected chi connectivity index (χ3v) is 3.70. The van der Waals surface area contributed by atoms with Crippen molar-refractivity contribution in [2.75, 3.05) is 0 Å². The first-order chi connectivity index (χ1) is 9.40. The van der Waals surface area contributed by atoms with Gasteiger partial charge in [0, 0.05) is 0 Å². The van der Waals surface area contributed by atoms with Gasteiger partial charge in [0.15, 0.2) is 5.75 Å². The number of carbonyl (C=O) groups is 1. The molecule has 104 valence electrons. The Morgan fingerprint density at radius 1 is 0.950 bits per heavy atom. The van der Waals surface area contributed by atoms with Gasteiger partial charge in [-0.1, -0.05) is 52.5 Å². The normalized spacial score (nSPS) is 10.4. The number of esters is 1. The molecule has 2 rings (SSSR count). The molecule has 6 heteroatoms. The Labute approximate surface area is 136 Å². The Morgan fingerprint density at radius 2 is 1.45 bits per heavy atom. The summed E-state index contributed by atoms with van der Waals surface area (Å²) in [4.78, 5) is 12.1. The maximum atomic E-state index is 12.1. The van der Waals surface area contributed by atoms with Gasteiger partial charge in [-0.25, -0.2) is 4.79 Å². The van der Waals surface area contributed by atoms with E-state index in [4.69, 9.17) is 51.1 Å². The van der Waals surface area contributed by atoms with Crippen LogP contribution in [0.2, 0.25) is 20.1 Å². The van der Waals surface area contributed by atoms with E-state index in [1.54, 1.807) is 30.3 Å². The SMILES string of the molecule is Cc1cc(Cl)c(OC(=O)c2c(Cl)cccc2Cl)c(Cl)c1. The van der Waals surface area contributed by atoms with Gasteiger partial charge in [0.05, 0.1) is 25.7 Å². The van der Waals surface area contributed by atoms with E-state index in [1.807, 2.05) is 6.92 Å². The van der Waals surface area contributed by atoms with Gasteiger partial charge in [-0.2, -0.15) is 0 Å². The van der Waals surface area contributed by atoms with E-state index in [-0.39, 0.29) is 31.4 Å². The maximum absolute atomic E-state index is 12.1. The fraction of sp³-hybridized carbons (Fsp3) is 0.0714. The second-order valence-corrected chi connectivity index (χ2v) is 5.67. The molecule has 2 aromatic carbocycles. The minimum absolute atomic E-state index is 0.0727. The lowest BCUT2D eigenvalue weighted by atomic mass is 10.2. The summed E-state index contributed by atoms with van der Waals surface area (Å²) < 4.78 is 5.21. The molecular formula is C14H8Cl4O2. The maximum Gasteiger partial charge on any atom is 0.346 e. The van der Waals surface area contributed by atoms with Gasteiger partial charge >= 0.3 is 5.97 Å². The molecule has 0 aliphatic rings. The van der Waals surface area contributed by atoms with E-state index < -0.39 is 5.97 Å². The summed E-state index contributed by atoms with van der Waals surface area (Å²) in [7, 11) is 0. The molecule has 2 nitrogen and oxygen atoms in total. The van der Waals surface area contributed by atoms with Crippen LogP contribution in [0, 0.1) is 6.92 Å². The van der Waals surface area contributed by atoms with Crippen molar-refractivity contribution in [2.45, 2.75) is 6.92 Å². The number of carbonyl (C=O) groups excluding carboxylic acids is 1. The molecule has 0 heterocycles. The van der Waals surface area contributed by atoms with Gasteiger partial charge < -0.3 is 4.74 Å². The highest BCUT2D eigenvalue weighted by atomic mass is 35.5. The third kappa shape index (κ3) is 3.21. The van der Waals surface area contributed by atoms with Crippen LogP contribution >= 0.6 is 46.4 Å². The Morgan fingerprint density at radius 3 is 1.95 bits per heavy atom. The molecule has 0 saturated carbocycles. The number of hydrogen-bond acceptors (Lipinski definition) is 2. The quantitative estimate of drug-likeness (QED) is 0.503. The third-order valence-electron chi connectivity index (χ3n) is 2.50. The largest absolute Gasteiger partial charge is 0.420 e. The number of hydrogen-bond donors (Lipinski definition) is 0. The van der Waals surface area contributed by atoms with E-state index in [2.05, 4.69) is 0 Å². The van der Waals surface area contributed by atoms with Gasteiger partial charge in [0.25, 0.3) is 0 Å². The van der Waals surface area contributed by atoms with Crippen molar-refractivity contribution in [2.24, 2.45) is 0 Å². The number of benzene rings is 2. The van der Waals surface area contributed by atoms with Crippen molar-refractivity contribution in [1.82, 2.24) is 0 Å². The van der Waals surface area contributed by atoms with Crippen LogP contribution in [-0.2, 0) is 0 Å². The first-order valence-corrected chi connectivity index (χ1v) is 7.03. The van der Waals surface area contributed by atoms with Crippen molar-refractivity contribution >= 4 is 52.4 Å². The van der Waals surface area contributed by atoms with Crippen LogP contribution in [0.15, 0.2) is 30.3 Å². The number of rotatable bonds is 2. The standard InChI is InChI=1S/C14H8Cl4O2/c1-7-5-10(17)13(11(18)6-7)20-14(19)12-8(15)3-2-4-9(12)16/h2-6H,1H3. The van der Waals surface area contributed by atoms with Gasteiger partial charge in [0.2, 0.25) is 0 Å². The lowest BCUT2D eigenvalue weighted by Gasteiger charge is -2.10. The summed E-state index contributed by atoms with van der Waals surface area (Å²) in [5.41, 5.74) is 0.930. The monoisotopic (exact) mass is 348 g/mol. The highest BCUT2D eigenvalue weighted by Crippen LogP contribution is 2.35. The molecule has 0 aliphatic heterocycles. The zero-order valence-corrected chi connectivity index (χ0v) is 13.2.